The van der Waals surface area contributed by atoms with Gasteiger partial charge in [-0.1, -0.05) is 0 Å². The molecule has 1 fully saturated rings. The summed E-state index contributed by atoms with van der Waals surface area (Å²) in [5.41, 5.74) is 6.99. The van der Waals surface area contributed by atoms with Crippen molar-refractivity contribution in [3.05, 3.63) is 35.8 Å². The van der Waals surface area contributed by atoms with Crippen LogP contribution in [-0.2, 0) is 9.59 Å². The molecule has 2 aromatic rings. The molecular formula is C20H26FN3O2. The van der Waals surface area contributed by atoms with Crippen molar-refractivity contribution >= 4 is 22.7 Å². The fraction of sp³-hybridized carbons (Fsp3) is 0.500. The fourth-order valence-electron chi connectivity index (χ4n) is 3.82. The zero-order valence-corrected chi connectivity index (χ0v) is 15.4. The van der Waals surface area contributed by atoms with Gasteiger partial charge in [0.2, 0.25) is 11.8 Å². The van der Waals surface area contributed by atoms with Crippen LogP contribution < -0.4 is 5.73 Å². The van der Waals surface area contributed by atoms with E-state index >= 15 is 0 Å². The summed E-state index contributed by atoms with van der Waals surface area (Å²) in [5.74, 6) is -1.64. The van der Waals surface area contributed by atoms with Gasteiger partial charge in [-0.3, -0.25) is 9.59 Å². The summed E-state index contributed by atoms with van der Waals surface area (Å²) >= 11 is 0. The van der Waals surface area contributed by atoms with Gasteiger partial charge >= 0.3 is 0 Å². The van der Waals surface area contributed by atoms with Crippen molar-refractivity contribution < 1.29 is 14.0 Å². The van der Waals surface area contributed by atoms with E-state index in [1.165, 1.54) is 12.1 Å². The van der Waals surface area contributed by atoms with E-state index < -0.39 is 11.8 Å². The monoisotopic (exact) mass is 359 g/mol. The first-order chi connectivity index (χ1) is 12.4. The second-order valence-corrected chi connectivity index (χ2v) is 7.36. The Morgan fingerprint density at radius 3 is 2.50 bits per heavy atom. The Morgan fingerprint density at radius 2 is 1.88 bits per heavy atom. The van der Waals surface area contributed by atoms with Crippen LogP contribution in [0.3, 0.4) is 0 Å². The molecule has 3 rings (SSSR count). The third-order valence-electron chi connectivity index (χ3n) is 5.13. The molecule has 1 aromatic carbocycles. The number of benzene rings is 1. The van der Waals surface area contributed by atoms with Crippen LogP contribution >= 0.6 is 0 Å². The van der Waals surface area contributed by atoms with Gasteiger partial charge in [0.05, 0.1) is 5.92 Å². The van der Waals surface area contributed by atoms with Crippen LogP contribution in [-0.4, -0.2) is 34.4 Å². The molecule has 26 heavy (non-hydrogen) atoms. The molecule has 1 unspecified atom stereocenters. The molecule has 5 nitrogen and oxygen atoms in total. The van der Waals surface area contributed by atoms with Gasteiger partial charge in [-0.25, -0.2) is 4.39 Å². The van der Waals surface area contributed by atoms with E-state index in [0.717, 1.165) is 24.8 Å². The van der Waals surface area contributed by atoms with Crippen molar-refractivity contribution in [1.82, 2.24) is 9.47 Å². The lowest BCUT2D eigenvalue weighted by atomic mass is 9.92. The highest BCUT2D eigenvalue weighted by Crippen LogP contribution is 2.34. The molecule has 6 heteroatoms. The maximum Gasteiger partial charge on any atom is 0.230 e. The number of halogens is 1. The van der Waals surface area contributed by atoms with E-state index in [1.807, 2.05) is 29.5 Å². The van der Waals surface area contributed by atoms with Gasteiger partial charge in [-0.2, -0.15) is 0 Å². The van der Waals surface area contributed by atoms with Crippen LogP contribution in [0, 0.1) is 5.82 Å². The number of hydrogen-bond acceptors (Lipinski definition) is 2. The average Bonchev–Trinajstić information content (AvgIpc) is 2.98. The lowest BCUT2D eigenvalue weighted by Gasteiger charge is -2.30. The Bertz CT molecular complexity index is 822. The Balaban J connectivity index is 2.09. The minimum atomic E-state index is -0.671. The largest absolute Gasteiger partial charge is 0.370 e. The molecule has 2 heterocycles. The van der Waals surface area contributed by atoms with Gasteiger partial charge in [0.25, 0.3) is 0 Å². The van der Waals surface area contributed by atoms with Crippen molar-refractivity contribution in [2.75, 3.05) is 13.1 Å². The number of nitrogens with two attached hydrogens (primary N) is 1. The molecule has 1 saturated heterocycles. The van der Waals surface area contributed by atoms with Crippen molar-refractivity contribution in [1.29, 1.82) is 0 Å². The van der Waals surface area contributed by atoms with E-state index in [9.17, 15) is 14.0 Å². The smallest absolute Gasteiger partial charge is 0.230 e. The van der Waals surface area contributed by atoms with Gasteiger partial charge in [-0.05, 0) is 56.9 Å². The highest BCUT2D eigenvalue weighted by Gasteiger charge is 2.31. The quantitative estimate of drug-likeness (QED) is 0.890. The van der Waals surface area contributed by atoms with Crippen LogP contribution in [0.5, 0.6) is 0 Å². The van der Waals surface area contributed by atoms with Crippen LogP contribution in [0.15, 0.2) is 24.4 Å². The summed E-state index contributed by atoms with van der Waals surface area (Å²) in [5, 5.41) is 0.676. The Morgan fingerprint density at radius 1 is 1.19 bits per heavy atom. The number of amides is 2. The molecule has 2 N–H and O–H groups in total. The third-order valence-corrected chi connectivity index (χ3v) is 5.13. The predicted molar refractivity (Wildman–Crippen MR) is 99.3 cm³/mol. The Kier molecular flexibility index (Phi) is 5.30. The summed E-state index contributed by atoms with van der Waals surface area (Å²) in [4.78, 5) is 26.7. The summed E-state index contributed by atoms with van der Waals surface area (Å²) in [6, 6.07) is 4.73. The number of carbonyl (C=O) groups is 2. The third kappa shape index (κ3) is 3.59. The van der Waals surface area contributed by atoms with Crippen LogP contribution in [0.25, 0.3) is 10.9 Å². The summed E-state index contributed by atoms with van der Waals surface area (Å²) in [6.45, 7) is 5.46. The maximum absolute atomic E-state index is 13.9. The van der Waals surface area contributed by atoms with Gasteiger partial charge < -0.3 is 15.2 Å². The summed E-state index contributed by atoms with van der Waals surface area (Å²) in [6.07, 6.45) is 4.87. The molecule has 2 amide bonds. The molecule has 1 aliphatic heterocycles. The first-order valence-electron chi connectivity index (χ1n) is 9.25. The number of fused-ring (bicyclic) bond motifs is 1. The number of carbonyl (C=O) groups excluding carboxylic acids is 2. The van der Waals surface area contributed by atoms with E-state index in [4.69, 9.17) is 5.73 Å². The highest BCUT2D eigenvalue weighted by molar-refractivity contribution is 5.95. The molecule has 0 spiro atoms. The van der Waals surface area contributed by atoms with Crippen molar-refractivity contribution in [2.45, 2.75) is 51.5 Å². The topological polar surface area (TPSA) is 68.3 Å². The van der Waals surface area contributed by atoms with Crippen LogP contribution in [0.1, 0.15) is 57.1 Å². The van der Waals surface area contributed by atoms with Crippen molar-refractivity contribution in [3.63, 3.8) is 0 Å². The first kappa shape index (κ1) is 18.4. The molecule has 1 aliphatic rings. The average molecular weight is 359 g/mol. The maximum atomic E-state index is 13.9. The number of aromatic nitrogens is 1. The second-order valence-electron chi connectivity index (χ2n) is 7.36. The molecule has 1 aromatic heterocycles. The minimum Gasteiger partial charge on any atom is -0.370 e. The molecule has 0 aliphatic carbocycles. The number of hydrogen-bond donors (Lipinski definition) is 1. The lowest BCUT2D eigenvalue weighted by molar-refractivity contribution is -0.135. The Hall–Kier alpha value is -2.37. The molecule has 0 saturated carbocycles. The molecule has 0 radical (unpaired) electrons. The first-order valence-corrected chi connectivity index (χ1v) is 9.25. The summed E-state index contributed by atoms with van der Waals surface area (Å²) < 4.78 is 15.9. The number of nitrogens with zero attached hydrogens (tertiary/aromatic N) is 2. The second kappa shape index (κ2) is 7.48. The van der Waals surface area contributed by atoms with E-state index in [0.29, 0.717) is 24.0 Å². The van der Waals surface area contributed by atoms with Crippen LogP contribution in [0.4, 0.5) is 4.39 Å². The minimum absolute atomic E-state index is 0.0664. The number of piperidine rings is 1. The van der Waals surface area contributed by atoms with Gasteiger partial charge in [0, 0.05) is 42.7 Å². The van der Waals surface area contributed by atoms with Crippen molar-refractivity contribution in [2.24, 2.45) is 5.73 Å². The van der Waals surface area contributed by atoms with E-state index in [2.05, 4.69) is 0 Å². The molecule has 140 valence electrons. The Labute approximate surface area is 152 Å². The van der Waals surface area contributed by atoms with E-state index in [-0.39, 0.29) is 24.2 Å². The van der Waals surface area contributed by atoms with Crippen LogP contribution in [0.2, 0.25) is 0 Å². The zero-order chi connectivity index (χ0) is 18.8. The van der Waals surface area contributed by atoms with Gasteiger partial charge in [0.1, 0.15) is 5.82 Å². The fourth-order valence-corrected chi connectivity index (χ4v) is 3.82. The van der Waals surface area contributed by atoms with Crippen molar-refractivity contribution in [3.8, 4) is 0 Å². The lowest BCUT2D eigenvalue weighted by Crippen LogP contribution is -2.40. The molecule has 0 bridgehead atoms. The number of rotatable bonds is 5. The van der Waals surface area contributed by atoms with Gasteiger partial charge in [-0.15, -0.1) is 0 Å². The SMILES string of the molecule is CC(C)n1cc(C(CC(N)=O)C(=O)N2CCCCC2)c2cc(F)ccc21. The molecular weight excluding hydrogens is 333 g/mol. The predicted octanol–water partition coefficient (Wildman–Crippen LogP) is 3.33. The molecule has 1 atom stereocenters. The number of primary amides is 1. The highest BCUT2D eigenvalue weighted by atomic mass is 19.1. The zero-order valence-electron chi connectivity index (χ0n) is 15.4. The normalized spacial score (nSPS) is 16.2. The van der Waals surface area contributed by atoms with E-state index in [1.54, 1.807) is 6.07 Å². The van der Waals surface area contributed by atoms with Gasteiger partial charge in [0.15, 0.2) is 0 Å². The summed E-state index contributed by atoms with van der Waals surface area (Å²) in [7, 11) is 0. The number of likely N-dealkylation sites (tertiary alicyclic amines) is 1. The standard InChI is InChI=1S/C20H26FN3O2/c1-13(2)24-12-17(15-10-14(21)6-7-18(15)24)16(11-19(22)25)20(26)23-8-4-3-5-9-23/h6-7,10,12-13,16H,3-5,8-9,11H2,1-2H3,(H2,22,25).